The first-order chi connectivity index (χ1) is 23.6. The number of rotatable bonds is 10. The second-order valence-electron chi connectivity index (χ2n) is 13.5. The van der Waals surface area contributed by atoms with Crippen LogP contribution in [0.3, 0.4) is 0 Å². The van der Waals surface area contributed by atoms with Crippen LogP contribution in [0, 0.1) is 0 Å². The Balaban J connectivity index is 1.34. The summed E-state index contributed by atoms with van der Waals surface area (Å²) in [6, 6.07) is 20.2. The quantitative estimate of drug-likeness (QED) is 0.169. The number of anilines is 1. The van der Waals surface area contributed by atoms with Crippen LogP contribution in [0.4, 0.5) is 15.3 Å². The van der Waals surface area contributed by atoms with E-state index in [1.54, 1.807) is 77.8 Å². The van der Waals surface area contributed by atoms with E-state index < -0.39 is 29.5 Å². The molecule has 1 aliphatic heterocycles. The molecule has 0 aliphatic carbocycles. The summed E-state index contributed by atoms with van der Waals surface area (Å²) in [6.07, 6.45) is -1.43. The van der Waals surface area contributed by atoms with E-state index >= 15 is 0 Å². The van der Waals surface area contributed by atoms with Crippen molar-refractivity contribution in [3.05, 3.63) is 82.9 Å². The molecule has 1 heterocycles. The molecule has 13 heteroatoms. The van der Waals surface area contributed by atoms with Gasteiger partial charge < -0.3 is 28.6 Å². The van der Waals surface area contributed by atoms with Gasteiger partial charge in [-0.2, -0.15) is 0 Å². The predicted molar refractivity (Wildman–Crippen MR) is 191 cm³/mol. The molecule has 0 radical (unpaired) electrons. The maximum atomic E-state index is 13.7. The number of hydrogen-bond acceptors (Lipinski definition) is 9. The Morgan fingerprint density at radius 2 is 1.52 bits per heavy atom. The number of ether oxygens (including phenoxy) is 5. The molecule has 2 N–H and O–H groups in total. The van der Waals surface area contributed by atoms with Crippen molar-refractivity contribution in [1.82, 2.24) is 10.6 Å². The van der Waals surface area contributed by atoms with Crippen molar-refractivity contribution in [2.45, 2.75) is 78.2 Å². The predicted octanol–water partition coefficient (Wildman–Crippen LogP) is 7.06. The Labute approximate surface area is 298 Å². The number of methoxy groups -OCH3 is 1. The third-order valence-corrected chi connectivity index (χ3v) is 7.21. The first kappa shape index (κ1) is 37.8. The molecule has 0 bridgehead atoms. The number of carbonyl (C=O) groups excluding carboxylic acids is 3. The van der Waals surface area contributed by atoms with Gasteiger partial charge in [0.15, 0.2) is 6.10 Å². The van der Waals surface area contributed by atoms with E-state index in [9.17, 15) is 14.4 Å². The molecule has 1 aliphatic rings. The van der Waals surface area contributed by atoms with Crippen molar-refractivity contribution in [1.29, 1.82) is 0 Å². The van der Waals surface area contributed by atoms with Crippen molar-refractivity contribution in [2.75, 3.05) is 25.2 Å². The third-order valence-electron chi connectivity index (χ3n) is 6.98. The normalized spacial score (nSPS) is 14.1. The molecule has 4 rings (SSSR count). The Morgan fingerprint density at radius 1 is 0.880 bits per heavy atom. The van der Waals surface area contributed by atoms with Crippen LogP contribution in [-0.4, -0.2) is 61.6 Å². The summed E-state index contributed by atoms with van der Waals surface area (Å²) in [6.45, 7) is 11.2. The van der Waals surface area contributed by atoms with E-state index in [1.165, 1.54) is 0 Å². The fraction of sp³-hybridized carbons (Fsp3) is 0.405. The number of benzene rings is 3. The van der Waals surface area contributed by atoms with Crippen LogP contribution in [-0.2, 0) is 27.2 Å². The Morgan fingerprint density at radius 3 is 2.12 bits per heavy atom. The van der Waals surface area contributed by atoms with E-state index in [-0.39, 0.29) is 25.0 Å². The lowest BCUT2D eigenvalue weighted by Gasteiger charge is -2.34. The van der Waals surface area contributed by atoms with Crippen LogP contribution in [0.1, 0.15) is 59.1 Å². The lowest BCUT2D eigenvalue weighted by molar-refractivity contribution is -0.127. The van der Waals surface area contributed by atoms with Crippen molar-refractivity contribution in [2.24, 2.45) is 4.99 Å². The Hall–Kier alpha value is -4.97. The van der Waals surface area contributed by atoms with E-state index in [4.69, 9.17) is 35.3 Å². The lowest BCUT2D eigenvalue weighted by atomic mass is 10.1. The number of halogens is 1. The van der Waals surface area contributed by atoms with Gasteiger partial charge in [-0.1, -0.05) is 35.9 Å². The summed E-state index contributed by atoms with van der Waals surface area (Å²) >= 11 is 6.21. The topological polar surface area (TPSA) is 137 Å². The molecule has 0 saturated heterocycles. The molecule has 12 nitrogen and oxygen atoms in total. The highest BCUT2D eigenvalue weighted by atomic mass is 35.5. The van der Waals surface area contributed by atoms with Gasteiger partial charge >= 0.3 is 12.2 Å². The molecular formula is C37H45ClN4O8. The molecule has 3 amide bonds. The van der Waals surface area contributed by atoms with Crippen LogP contribution in [0.5, 0.6) is 17.2 Å². The third kappa shape index (κ3) is 11.9. The smallest absolute Gasteiger partial charge is 0.414 e. The first-order valence-corrected chi connectivity index (χ1v) is 16.6. The van der Waals surface area contributed by atoms with Gasteiger partial charge in [0.1, 0.15) is 28.5 Å². The highest BCUT2D eigenvalue weighted by molar-refractivity contribution is 6.30. The standard InChI is InChI=1S/C37H45ClN4O8/c1-36(2,3)49-34(44)40-33(41-35(45)50-37(4,5)6)39-19-17-24-11-13-27(14-12-24)47-20-18-31-32(43)42(23-25-9-8-10-26(38)21-25)29-22-28(46-7)15-16-30(29)48-31/h8-16,21-22,31H,17-20,23H2,1-7H3,(H2,39,40,41,44,45). The van der Waals surface area contributed by atoms with Crippen LogP contribution in [0.2, 0.25) is 5.02 Å². The summed E-state index contributed by atoms with van der Waals surface area (Å²) < 4.78 is 28.1. The number of aliphatic imine (C=N–C) groups is 1. The highest BCUT2D eigenvalue weighted by Gasteiger charge is 2.35. The van der Waals surface area contributed by atoms with Crippen molar-refractivity contribution < 1.29 is 38.1 Å². The molecule has 0 fully saturated rings. The molecule has 3 aromatic rings. The van der Waals surface area contributed by atoms with Gasteiger partial charge in [0.2, 0.25) is 5.96 Å². The zero-order valence-corrected chi connectivity index (χ0v) is 30.3. The Bertz CT molecular complexity index is 1650. The minimum Gasteiger partial charge on any atom is -0.497 e. The number of nitrogens with zero attached hydrogens (tertiary/aromatic N) is 2. The van der Waals surface area contributed by atoms with E-state index in [1.807, 2.05) is 42.5 Å². The highest BCUT2D eigenvalue weighted by Crippen LogP contribution is 2.38. The van der Waals surface area contributed by atoms with Crippen LogP contribution in [0.25, 0.3) is 0 Å². The minimum atomic E-state index is -0.757. The largest absolute Gasteiger partial charge is 0.497 e. The molecular weight excluding hydrogens is 664 g/mol. The maximum absolute atomic E-state index is 13.7. The second kappa shape index (κ2) is 16.6. The number of amides is 3. The minimum absolute atomic E-state index is 0.0826. The van der Waals surface area contributed by atoms with E-state index in [0.29, 0.717) is 47.3 Å². The van der Waals surface area contributed by atoms with Gasteiger partial charge in [0.05, 0.1) is 25.9 Å². The molecule has 0 aromatic heterocycles. The number of alkyl carbamates (subject to hydrolysis) is 2. The van der Waals surface area contributed by atoms with Gasteiger partial charge in [-0.15, -0.1) is 0 Å². The molecule has 268 valence electrons. The zero-order chi connectivity index (χ0) is 36.5. The maximum Gasteiger partial charge on any atom is 0.414 e. The second-order valence-corrected chi connectivity index (χ2v) is 13.9. The average molecular weight is 709 g/mol. The van der Waals surface area contributed by atoms with Crippen LogP contribution in [0.15, 0.2) is 71.7 Å². The SMILES string of the molecule is COc1ccc2c(c1)N(Cc1cccc(Cl)c1)C(=O)C(CCOc1ccc(CCN=C(NC(=O)OC(C)(C)C)NC(=O)OC(C)(C)C)cc1)O2. The molecule has 3 aromatic carbocycles. The number of nitrogens with one attached hydrogen (secondary N) is 2. The zero-order valence-electron chi connectivity index (χ0n) is 29.5. The molecule has 0 saturated carbocycles. The van der Waals surface area contributed by atoms with Crippen molar-refractivity contribution >= 4 is 41.3 Å². The fourth-order valence-electron chi connectivity index (χ4n) is 4.84. The summed E-state index contributed by atoms with van der Waals surface area (Å²) in [5, 5.41) is 5.54. The lowest BCUT2D eigenvalue weighted by Crippen LogP contribution is -2.47. The van der Waals surface area contributed by atoms with Crippen molar-refractivity contribution in [3.63, 3.8) is 0 Å². The first-order valence-electron chi connectivity index (χ1n) is 16.3. The van der Waals surface area contributed by atoms with Gasteiger partial charge in [-0.3, -0.25) is 20.4 Å². The fourth-order valence-corrected chi connectivity index (χ4v) is 5.05. The van der Waals surface area contributed by atoms with E-state index in [2.05, 4.69) is 15.6 Å². The Kier molecular flexibility index (Phi) is 12.6. The van der Waals surface area contributed by atoms with Gasteiger partial charge in [-0.25, -0.2) is 9.59 Å². The monoisotopic (exact) mass is 708 g/mol. The number of carbonyl (C=O) groups is 3. The molecule has 1 unspecified atom stereocenters. The summed E-state index contributed by atoms with van der Waals surface area (Å²) in [5.41, 5.74) is 0.991. The molecule has 0 spiro atoms. The summed E-state index contributed by atoms with van der Waals surface area (Å²) in [5.74, 6) is 1.55. The van der Waals surface area contributed by atoms with Gasteiger partial charge in [-0.05, 0) is 95.5 Å². The average Bonchev–Trinajstić information content (AvgIpc) is 3.01. The van der Waals surface area contributed by atoms with Crippen molar-refractivity contribution in [3.8, 4) is 17.2 Å². The van der Waals surface area contributed by atoms with Crippen LogP contribution < -0.4 is 29.7 Å². The number of hydrogen-bond donors (Lipinski definition) is 2. The van der Waals surface area contributed by atoms with Gasteiger partial charge in [0, 0.05) is 24.1 Å². The number of guanidine groups is 1. The molecule has 1 atom stereocenters. The number of fused-ring (bicyclic) bond motifs is 1. The van der Waals surface area contributed by atoms with E-state index in [0.717, 1.165) is 11.1 Å². The summed E-state index contributed by atoms with van der Waals surface area (Å²) in [7, 11) is 1.57. The van der Waals surface area contributed by atoms with Crippen LogP contribution >= 0.6 is 11.6 Å². The molecule has 50 heavy (non-hydrogen) atoms. The van der Waals surface area contributed by atoms with Gasteiger partial charge in [0.25, 0.3) is 5.91 Å². The summed E-state index contributed by atoms with van der Waals surface area (Å²) in [4.78, 5) is 44.4.